The molecule has 0 unspecified atom stereocenters. The van der Waals surface area contributed by atoms with Crippen LogP contribution < -0.4 is 4.90 Å². The Bertz CT molecular complexity index is 676. The first-order valence-electron chi connectivity index (χ1n) is 8.96. The Morgan fingerprint density at radius 1 is 1.36 bits per heavy atom. The minimum atomic E-state index is 0.182. The van der Waals surface area contributed by atoms with Gasteiger partial charge in [0.15, 0.2) is 0 Å². The van der Waals surface area contributed by atoms with E-state index in [0.29, 0.717) is 5.92 Å². The second-order valence-corrected chi connectivity index (χ2v) is 10.4. The Balaban J connectivity index is 2.08. The number of morpholine rings is 1. The zero-order valence-electron chi connectivity index (χ0n) is 15.6. The summed E-state index contributed by atoms with van der Waals surface area (Å²) in [5, 5.41) is 9.95. The highest BCUT2D eigenvalue weighted by atomic mass is 32.2. The third kappa shape index (κ3) is 4.27. The van der Waals surface area contributed by atoms with Gasteiger partial charge in [-0.25, -0.2) is 4.98 Å². The molecule has 1 fully saturated rings. The van der Waals surface area contributed by atoms with Crippen LogP contribution in [0.5, 0.6) is 0 Å². The maximum absolute atomic E-state index is 9.95. The van der Waals surface area contributed by atoms with Crippen LogP contribution in [-0.2, 0) is 16.9 Å². The van der Waals surface area contributed by atoms with Crippen LogP contribution >= 0.6 is 23.5 Å². The molecule has 0 atom stereocenters. The minimum absolute atomic E-state index is 0.182. The van der Waals surface area contributed by atoms with Gasteiger partial charge in [-0.3, -0.25) is 0 Å². The summed E-state index contributed by atoms with van der Waals surface area (Å²) in [7, 11) is 0. The number of aromatic nitrogens is 1. The van der Waals surface area contributed by atoms with Crippen LogP contribution in [0.3, 0.4) is 0 Å². The molecule has 0 aromatic carbocycles. The number of rotatable bonds is 4. The Morgan fingerprint density at radius 3 is 2.72 bits per heavy atom. The highest BCUT2D eigenvalue weighted by Crippen LogP contribution is 2.43. The summed E-state index contributed by atoms with van der Waals surface area (Å²) in [6.07, 6.45) is 0.925. The van der Waals surface area contributed by atoms with Gasteiger partial charge in [-0.2, -0.15) is 17.0 Å². The van der Waals surface area contributed by atoms with Crippen molar-refractivity contribution in [1.82, 2.24) is 4.98 Å². The van der Waals surface area contributed by atoms with E-state index in [9.17, 15) is 5.26 Å². The number of ether oxygens (including phenoxy) is 1. The van der Waals surface area contributed by atoms with Crippen LogP contribution in [0.15, 0.2) is 4.90 Å². The molecule has 1 aromatic rings. The topological polar surface area (TPSA) is 49.1 Å². The molecular weight excluding hydrogens is 350 g/mol. The fraction of sp³-hybridized carbons (Fsp3) is 0.684. The van der Waals surface area contributed by atoms with E-state index < -0.39 is 0 Å². The number of thioether (sulfide) groups is 2. The number of fused-ring (bicyclic) bond motifs is 1. The van der Waals surface area contributed by atoms with Crippen LogP contribution in [0.25, 0.3) is 0 Å². The maximum Gasteiger partial charge on any atom is 0.144 e. The van der Waals surface area contributed by atoms with Gasteiger partial charge in [0.25, 0.3) is 0 Å². The first-order valence-corrected chi connectivity index (χ1v) is 10.9. The van der Waals surface area contributed by atoms with Crippen molar-refractivity contribution in [3.8, 4) is 6.07 Å². The fourth-order valence-electron chi connectivity index (χ4n) is 3.16. The van der Waals surface area contributed by atoms with Crippen molar-refractivity contribution in [2.45, 2.75) is 49.5 Å². The summed E-state index contributed by atoms with van der Waals surface area (Å²) in [6, 6.07) is 2.52. The van der Waals surface area contributed by atoms with Gasteiger partial charge in [0.1, 0.15) is 11.9 Å². The normalized spacial score (nSPS) is 19.6. The molecule has 25 heavy (non-hydrogen) atoms. The monoisotopic (exact) mass is 377 g/mol. The van der Waals surface area contributed by atoms with E-state index in [-0.39, 0.29) is 4.75 Å². The zero-order valence-corrected chi connectivity index (χ0v) is 17.2. The molecule has 2 aliphatic heterocycles. The fourth-order valence-corrected chi connectivity index (χ4v) is 5.36. The standard InChI is InChI=1S/C19H27N3OS2/c1-13(2)11-24-17-14(10-20)15-12-25-19(3,4)9-16(15)21-18(17)22-5-7-23-8-6-22/h13H,5-9,11-12H2,1-4H3. The Labute approximate surface area is 159 Å². The molecule has 0 bridgehead atoms. The molecule has 0 spiro atoms. The first kappa shape index (κ1) is 18.9. The maximum atomic E-state index is 9.95. The van der Waals surface area contributed by atoms with Crippen molar-refractivity contribution >= 4 is 29.3 Å². The number of hydrogen-bond donors (Lipinski definition) is 0. The zero-order chi connectivity index (χ0) is 18.0. The third-order valence-electron chi connectivity index (χ3n) is 4.50. The van der Waals surface area contributed by atoms with E-state index >= 15 is 0 Å². The molecule has 6 heteroatoms. The van der Waals surface area contributed by atoms with E-state index in [1.807, 2.05) is 11.8 Å². The largest absolute Gasteiger partial charge is 0.378 e. The van der Waals surface area contributed by atoms with E-state index in [2.05, 4.69) is 38.7 Å². The molecule has 1 aromatic heterocycles. The number of nitriles is 1. The molecule has 0 saturated carbocycles. The van der Waals surface area contributed by atoms with Gasteiger partial charge in [-0.1, -0.05) is 27.7 Å². The molecular formula is C19H27N3OS2. The predicted molar refractivity (Wildman–Crippen MR) is 107 cm³/mol. The lowest BCUT2D eigenvalue weighted by molar-refractivity contribution is 0.122. The number of nitrogens with zero attached hydrogens (tertiary/aromatic N) is 3. The number of hydrogen-bond acceptors (Lipinski definition) is 6. The average Bonchev–Trinajstić information content (AvgIpc) is 2.58. The molecule has 3 rings (SSSR count). The molecule has 4 nitrogen and oxygen atoms in total. The minimum Gasteiger partial charge on any atom is -0.378 e. The van der Waals surface area contributed by atoms with Crippen LogP contribution in [-0.4, -0.2) is 41.8 Å². The van der Waals surface area contributed by atoms with Crippen LogP contribution in [0.1, 0.15) is 44.5 Å². The van der Waals surface area contributed by atoms with Gasteiger partial charge in [0.2, 0.25) is 0 Å². The van der Waals surface area contributed by atoms with Crippen molar-refractivity contribution < 1.29 is 4.74 Å². The van der Waals surface area contributed by atoms with Gasteiger partial charge in [-0.15, -0.1) is 11.8 Å². The van der Waals surface area contributed by atoms with Gasteiger partial charge >= 0.3 is 0 Å². The van der Waals surface area contributed by atoms with Crippen molar-refractivity contribution in [2.24, 2.45) is 5.92 Å². The van der Waals surface area contributed by atoms with Crippen molar-refractivity contribution in [1.29, 1.82) is 5.26 Å². The molecule has 0 aliphatic carbocycles. The quantitative estimate of drug-likeness (QED) is 0.736. The lowest BCUT2D eigenvalue weighted by atomic mass is 9.99. The molecule has 2 aliphatic rings. The highest BCUT2D eigenvalue weighted by molar-refractivity contribution is 8.00. The van der Waals surface area contributed by atoms with E-state index in [1.54, 1.807) is 11.8 Å². The second-order valence-electron chi connectivity index (χ2n) is 7.71. The Kier molecular flexibility index (Phi) is 5.87. The Hall–Kier alpha value is -0.900. The SMILES string of the molecule is CC(C)CSc1c(N2CCOCC2)nc2c(c1C#N)CSC(C)(C)C2. The summed E-state index contributed by atoms with van der Waals surface area (Å²) in [5.41, 5.74) is 3.14. The van der Waals surface area contributed by atoms with Crippen LogP contribution in [0.2, 0.25) is 0 Å². The second kappa shape index (κ2) is 7.77. The van der Waals surface area contributed by atoms with Gasteiger partial charge in [-0.05, 0) is 5.92 Å². The predicted octanol–water partition coefficient (Wildman–Crippen LogP) is 4.11. The molecule has 0 amide bonds. The summed E-state index contributed by atoms with van der Waals surface area (Å²) >= 11 is 3.73. The molecule has 136 valence electrons. The van der Waals surface area contributed by atoms with Gasteiger partial charge in [0, 0.05) is 47.0 Å². The lowest BCUT2D eigenvalue weighted by Crippen LogP contribution is -2.38. The van der Waals surface area contributed by atoms with Crippen LogP contribution in [0, 0.1) is 17.2 Å². The lowest BCUT2D eigenvalue weighted by Gasteiger charge is -2.34. The van der Waals surface area contributed by atoms with E-state index in [1.165, 1.54) is 0 Å². The van der Waals surface area contributed by atoms with E-state index in [4.69, 9.17) is 9.72 Å². The van der Waals surface area contributed by atoms with Crippen molar-refractivity contribution in [2.75, 3.05) is 37.0 Å². The van der Waals surface area contributed by atoms with E-state index in [0.717, 1.165) is 71.8 Å². The molecule has 1 saturated heterocycles. The molecule has 0 N–H and O–H groups in total. The Morgan fingerprint density at radius 2 is 2.08 bits per heavy atom. The average molecular weight is 378 g/mol. The third-order valence-corrected chi connectivity index (χ3v) is 7.37. The highest BCUT2D eigenvalue weighted by Gasteiger charge is 2.32. The molecule has 0 radical (unpaired) electrons. The van der Waals surface area contributed by atoms with Crippen molar-refractivity contribution in [3.63, 3.8) is 0 Å². The summed E-state index contributed by atoms with van der Waals surface area (Å²) in [6.45, 7) is 12.1. The summed E-state index contributed by atoms with van der Waals surface area (Å²) < 4.78 is 5.70. The number of pyridine rings is 1. The number of anilines is 1. The van der Waals surface area contributed by atoms with Gasteiger partial charge in [0.05, 0.1) is 23.7 Å². The first-order chi connectivity index (χ1) is 11.9. The smallest absolute Gasteiger partial charge is 0.144 e. The summed E-state index contributed by atoms with van der Waals surface area (Å²) in [4.78, 5) is 8.49. The van der Waals surface area contributed by atoms with Crippen LogP contribution in [0.4, 0.5) is 5.82 Å². The van der Waals surface area contributed by atoms with Crippen molar-refractivity contribution in [3.05, 3.63) is 16.8 Å². The summed E-state index contributed by atoms with van der Waals surface area (Å²) in [5.74, 6) is 3.48. The molecule has 3 heterocycles. The van der Waals surface area contributed by atoms with Gasteiger partial charge < -0.3 is 9.64 Å².